The average molecular weight is 316 g/mol. The highest BCUT2D eigenvalue weighted by Crippen LogP contribution is 2.22. The van der Waals surface area contributed by atoms with Crippen LogP contribution in [0.1, 0.15) is 31.4 Å². The van der Waals surface area contributed by atoms with Crippen molar-refractivity contribution >= 4 is 28.8 Å². The zero-order valence-corrected chi connectivity index (χ0v) is 12.3. The van der Waals surface area contributed by atoms with Crippen LogP contribution in [0.4, 0.5) is 5.95 Å². The first kappa shape index (κ1) is 15.1. The monoisotopic (exact) mass is 316 g/mol. The third-order valence-corrected chi connectivity index (χ3v) is 3.86. The molecule has 1 aliphatic rings. The first-order valence-electron chi connectivity index (χ1n) is 7.29. The van der Waals surface area contributed by atoms with E-state index in [4.69, 9.17) is 10.8 Å². The van der Waals surface area contributed by atoms with Crippen LogP contribution < -0.4 is 11.3 Å². The van der Waals surface area contributed by atoms with Crippen LogP contribution in [-0.2, 0) is 11.3 Å². The molecular weight excluding hydrogens is 300 g/mol. The molecule has 1 saturated carbocycles. The highest BCUT2D eigenvalue weighted by molar-refractivity contribution is 5.86. The summed E-state index contributed by atoms with van der Waals surface area (Å²) in [6.07, 6.45) is 4.09. The molecule has 4 N–H and O–H groups in total. The van der Waals surface area contributed by atoms with E-state index in [1.807, 2.05) is 0 Å². The Morgan fingerprint density at radius 3 is 2.83 bits per heavy atom. The number of aliphatic imine (C=N–C) groups is 1. The number of H-pyrrole nitrogens is 1. The smallest absolute Gasteiger partial charge is 0.306 e. The van der Waals surface area contributed by atoms with Crippen molar-refractivity contribution in [3.8, 4) is 0 Å². The van der Waals surface area contributed by atoms with Crippen LogP contribution in [0.5, 0.6) is 0 Å². The lowest BCUT2D eigenvalue weighted by Crippen LogP contribution is -2.21. The van der Waals surface area contributed by atoms with Gasteiger partial charge in [0, 0.05) is 5.71 Å². The summed E-state index contributed by atoms with van der Waals surface area (Å²) < 4.78 is 0. The van der Waals surface area contributed by atoms with Gasteiger partial charge < -0.3 is 10.8 Å². The van der Waals surface area contributed by atoms with Crippen LogP contribution in [0.15, 0.2) is 16.0 Å². The van der Waals surface area contributed by atoms with Crippen molar-refractivity contribution in [2.75, 3.05) is 5.73 Å². The van der Waals surface area contributed by atoms with Crippen molar-refractivity contribution < 1.29 is 9.90 Å². The van der Waals surface area contributed by atoms with E-state index in [-0.39, 0.29) is 23.0 Å². The number of anilines is 1. The van der Waals surface area contributed by atoms with Gasteiger partial charge in [-0.05, 0) is 25.7 Å². The van der Waals surface area contributed by atoms with Crippen molar-refractivity contribution in [1.29, 1.82) is 0 Å². The summed E-state index contributed by atoms with van der Waals surface area (Å²) in [5.41, 5.74) is 6.89. The largest absolute Gasteiger partial charge is 0.481 e. The molecule has 0 aliphatic heterocycles. The molecule has 1 fully saturated rings. The number of aromatic nitrogens is 4. The minimum Gasteiger partial charge on any atom is -0.481 e. The van der Waals surface area contributed by atoms with Gasteiger partial charge in [-0.1, -0.05) is 0 Å². The van der Waals surface area contributed by atoms with Crippen LogP contribution >= 0.6 is 0 Å². The Hall–Kier alpha value is -2.84. The van der Waals surface area contributed by atoms with E-state index in [2.05, 4.69) is 24.9 Å². The van der Waals surface area contributed by atoms with E-state index in [0.717, 1.165) is 5.71 Å². The fourth-order valence-electron chi connectivity index (χ4n) is 2.60. The van der Waals surface area contributed by atoms with Crippen LogP contribution in [-0.4, -0.2) is 36.7 Å². The lowest BCUT2D eigenvalue weighted by Gasteiger charge is -2.19. The molecule has 0 radical (unpaired) electrons. The summed E-state index contributed by atoms with van der Waals surface area (Å²) in [6.45, 7) is 0.305. The topological polar surface area (TPSA) is 147 Å². The summed E-state index contributed by atoms with van der Waals surface area (Å²) >= 11 is 0. The van der Waals surface area contributed by atoms with Gasteiger partial charge in [-0.25, -0.2) is 9.97 Å². The molecule has 0 unspecified atom stereocenters. The van der Waals surface area contributed by atoms with E-state index in [1.54, 1.807) is 0 Å². The number of aromatic amines is 1. The first-order chi connectivity index (χ1) is 11.0. The predicted molar refractivity (Wildman–Crippen MR) is 83.1 cm³/mol. The molecule has 120 valence electrons. The maximum Gasteiger partial charge on any atom is 0.306 e. The first-order valence-corrected chi connectivity index (χ1v) is 7.29. The number of nitrogen functional groups attached to an aromatic ring is 1. The second-order valence-electron chi connectivity index (χ2n) is 5.48. The van der Waals surface area contributed by atoms with Crippen molar-refractivity contribution in [1.82, 2.24) is 19.9 Å². The number of carboxylic acid groups (broad SMARTS) is 1. The Morgan fingerprint density at radius 2 is 2.13 bits per heavy atom. The summed E-state index contributed by atoms with van der Waals surface area (Å²) in [7, 11) is 0. The SMILES string of the molecule is Nc1nc2ncc(CN=C3CCC(C(=O)O)CC3)nc2c(=O)[nH]1. The number of carboxylic acids is 1. The maximum absolute atomic E-state index is 11.8. The van der Waals surface area contributed by atoms with Gasteiger partial charge in [-0.2, -0.15) is 4.98 Å². The Labute approximate surface area is 130 Å². The van der Waals surface area contributed by atoms with Crippen molar-refractivity contribution in [2.45, 2.75) is 32.2 Å². The van der Waals surface area contributed by atoms with Crippen molar-refractivity contribution in [3.63, 3.8) is 0 Å². The summed E-state index contributed by atoms with van der Waals surface area (Å²) in [4.78, 5) is 41.8. The molecule has 2 aromatic heterocycles. The minimum atomic E-state index is -0.740. The Morgan fingerprint density at radius 1 is 1.39 bits per heavy atom. The Bertz CT molecular complexity index is 834. The number of hydrogen-bond donors (Lipinski definition) is 3. The number of rotatable bonds is 3. The van der Waals surface area contributed by atoms with Gasteiger partial charge >= 0.3 is 5.97 Å². The van der Waals surface area contributed by atoms with Gasteiger partial charge in [0.05, 0.1) is 24.4 Å². The summed E-state index contributed by atoms with van der Waals surface area (Å²) in [6, 6.07) is 0. The number of fused-ring (bicyclic) bond motifs is 1. The number of nitrogens with one attached hydrogen (secondary N) is 1. The number of nitrogens with two attached hydrogens (primary N) is 1. The van der Waals surface area contributed by atoms with Crippen LogP contribution in [0.2, 0.25) is 0 Å². The fourth-order valence-corrected chi connectivity index (χ4v) is 2.60. The quantitative estimate of drug-likeness (QED) is 0.747. The van der Waals surface area contributed by atoms with E-state index < -0.39 is 11.5 Å². The third-order valence-electron chi connectivity index (χ3n) is 3.86. The molecule has 0 spiro atoms. The van der Waals surface area contributed by atoms with Gasteiger partial charge in [0.15, 0.2) is 11.2 Å². The predicted octanol–water partition coefficient (Wildman–Crippen LogP) is 0.511. The van der Waals surface area contributed by atoms with Crippen molar-refractivity contribution in [3.05, 3.63) is 22.2 Å². The molecule has 2 aromatic rings. The van der Waals surface area contributed by atoms with Crippen LogP contribution in [0.25, 0.3) is 11.2 Å². The highest BCUT2D eigenvalue weighted by Gasteiger charge is 2.23. The molecule has 23 heavy (non-hydrogen) atoms. The van der Waals surface area contributed by atoms with E-state index in [0.29, 0.717) is 37.9 Å². The number of nitrogens with zero attached hydrogens (tertiary/aromatic N) is 4. The molecule has 1 aliphatic carbocycles. The van der Waals surface area contributed by atoms with Gasteiger partial charge in [0.25, 0.3) is 5.56 Å². The van der Waals surface area contributed by atoms with E-state index in [9.17, 15) is 9.59 Å². The Balaban J connectivity index is 1.74. The lowest BCUT2D eigenvalue weighted by molar-refractivity contribution is -0.142. The standard InChI is InChI=1S/C14H16N6O3/c15-14-19-11-10(12(21)20-14)18-9(6-17-11)5-16-8-3-1-7(2-4-8)13(22)23/h6-7H,1-5H2,(H,22,23)(H3,15,17,19,20,21). The third kappa shape index (κ3) is 3.33. The van der Waals surface area contributed by atoms with E-state index >= 15 is 0 Å². The maximum atomic E-state index is 11.8. The van der Waals surface area contributed by atoms with Gasteiger partial charge in [0.2, 0.25) is 5.95 Å². The van der Waals surface area contributed by atoms with Crippen LogP contribution in [0, 0.1) is 5.92 Å². The molecule has 9 nitrogen and oxygen atoms in total. The molecular formula is C14H16N6O3. The molecule has 0 bridgehead atoms. The van der Waals surface area contributed by atoms with Gasteiger partial charge in [-0.15, -0.1) is 0 Å². The Kier molecular flexibility index (Phi) is 4.00. The minimum absolute atomic E-state index is 0.0000154. The molecule has 0 amide bonds. The normalized spacial score (nSPS) is 18.1. The molecule has 3 rings (SSSR count). The molecule has 0 aromatic carbocycles. The zero-order chi connectivity index (χ0) is 16.4. The zero-order valence-electron chi connectivity index (χ0n) is 12.3. The second-order valence-corrected chi connectivity index (χ2v) is 5.48. The van der Waals surface area contributed by atoms with E-state index in [1.165, 1.54) is 6.20 Å². The van der Waals surface area contributed by atoms with Crippen LogP contribution in [0.3, 0.4) is 0 Å². The highest BCUT2D eigenvalue weighted by atomic mass is 16.4. The number of hydrogen-bond acceptors (Lipinski definition) is 7. The average Bonchev–Trinajstić information content (AvgIpc) is 2.53. The number of aliphatic carboxylic acids is 1. The van der Waals surface area contributed by atoms with Gasteiger partial charge in [-0.3, -0.25) is 19.6 Å². The fraction of sp³-hybridized carbons (Fsp3) is 0.429. The molecule has 2 heterocycles. The lowest BCUT2D eigenvalue weighted by atomic mass is 9.88. The molecule has 0 saturated heterocycles. The van der Waals surface area contributed by atoms with Crippen molar-refractivity contribution in [2.24, 2.45) is 10.9 Å². The second kappa shape index (κ2) is 6.11. The summed E-state index contributed by atoms with van der Waals surface area (Å²) in [5.74, 6) is -1.01. The number of carbonyl (C=O) groups is 1. The molecule has 0 atom stereocenters. The van der Waals surface area contributed by atoms with Gasteiger partial charge in [0.1, 0.15) is 0 Å². The molecule has 9 heteroatoms. The summed E-state index contributed by atoms with van der Waals surface area (Å²) in [5, 5.41) is 8.97.